The lowest BCUT2D eigenvalue weighted by molar-refractivity contribution is -0.116. The van der Waals surface area contributed by atoms with Gasteiger partial charge < -0.3 is 5.32 Å². The van der Waals surface area contributed by atoms with Crippen molar-refractivity contribution in [3.8, 4) is 0 Å². The van der Waals surface area contributed by atoms with Crippen molar-refractivity contribution in [3.05, 3.63) is 62.5 Å². The summed E-state index contributed by atoms with van der Waals surface area (Å²) in [4.78, 5) is 12.2. The topological polar surface area (TPSA) is 64.7 Å². The molecule has 3 aromatic rings. The number of hydrogen-bond acceptors (Lipinski definition) is 3. The number of aryl methyl sites for hydroxylation is 2. The first kappa shape index (κ1) is 19.7. The average Bonchev–Trinajstić information content (AvgIpc) is 3.15. The molecule has 27 heavy (non-hydrogen) atoms. The monoisotopic (exact) mass is 425 g/mol. The zero-order valence-corrected chi connectivity index (χ0v) is 17.1. The van der Waals surface area contributed by atoms with Gasteiger partial charge in [-0.05, 0) is 31.5 Å². The fourth-order valence-electron chi connectivity index (χ4n) is 2.65. The Balaban J connectivity index is 1.56. The molecule has 3 rings (SSSR count). The standard InChI is InChI=1S/C18H18Cl3N5O/c1-11-18(21)12(2)26(23-11)8-6-17(27)22-16-5-7-25(24-16)10-13-3-4-14(19)9-15(13)20/h3-5,7,9H,6,8,10H2,1-2H3,(H,22,24,27). The van der Waals surface area contributed by atoms with Crippen molar-refractivity contribution in [2.24, 2.45) is 0 Å². The molecule has 0 unspecified atom stereocenters. The minimum atomic E-state index is -0.145. The number of nitrogens with one attached hydrogen (secondary N) is 1. The van der Waals surface area contributed by atoms with E-state index in [0.29, 0.717) is 34.0 Å². The van der Waals surface area contributed by atoms with Crippen LogP contribution in [0.15, 0.2) is 30.5 Å². The van der Waals surface area contributed by atoms with Crippen LogP contribution >= 0.6 is 34.8 Å². The van der Waals surface area contributed by atoms with Gasteiger partial charge in [-0.3, -0.25) is 14.2 Å². The number of carbonyl (C=O) groups is 1. The Kier molecular flexibility index (Phi) is 6.09. The van der Waals surface area contributed by atoms with Crippen LogP contribution in [0.25, 0.3) is 0 Å². The highest BCUT2D eigenvalue weighted by molar-refractivity contribution is 6.35. The molecule has 0 aliphatic heterocycles. The van der Waals surface area contributed by atoms with E-state index in [1.165, 1.54) is 0 Å². The maximum Gasteiger partial charge on any atom is 0.227 e. The van der Waals surface area contributed by atoms with Gasteiger partial charge in [-0.25, -0.2) is 0 Å². The van der Waals surface area contributed by atoms with Gasteiger partial charge in [0, 0.05) is 28.7 Å². The third kappa shape index (κ3) is 4.83. The number of nitrogens with zero attached hydrogens (tertiary/aromatic N) is 4. The van der Waals surface area contributed by atoms with Crippen LogP contribution in [0.4, 0.5) is 5.82 Å². The van der Waals surface area contributed by atoms with Crippen LogP contribution in [-0.4, -0.2) is 25.5 Å². The average molecular weight is 427 g/mol. The number of halogens is 3. The first-order valence-corrected chi connectivity index (χ1v) is 9.43. The van der Waals surface area contributed by atoms with Crippen molar-refractivity contribution in [1.82, 2.24) is 19.6 Å². The number of benzene rings is 1. The third-order valence-electron chi connectivity index (χ3n) is 4.10. The fourth-order valence-corrected chi connectivity index (χ4v) is 3.25. The summed E-state index contributed by atoms with van der Waals surface area (Å²) in [7, 11) is 0. The van der Waals surface area contributed by atoms with Gasteiger partial charge in [0.2, 0.25) is 5.91 Å². The Bertz CT molecular complexity index is 980. The molecule has 2 heterocycles. The minimum Gasteiger partial charge on any atom is -0.309 e. The Hall–Kier alpha value is -2.02. The van der Waals surface area contributed by atoms with E-state index in [1.54, 1.807) is 33.8 Å². The number of hydrogen-bond donors (Lipinski definition) is 1. The predicted octanol–water partition coefficient (Wildman–Crippen LogP) is 4.73. The van der Waals surface area contributed by atoms with Crippen LogP contribution in [0.2, 0.25) is 15.1 Å². The van der Waals surface area contributed by atoms with E-state index in [4.69, 9.17) is 34.8 Å². The molecule has 1 N–H and O–H groups in total. The van der Waals surface area contributed by atoms with Crippen LogP contribution in [0, 0.1) is 13.8 Å². The van der Waals surface area contributed by atoms with Gasteiger partial charge in [0.25, 0.3) is 0 Å². The molecule has 0 spiro atoms. The second-order valence-electron chi connectivity index (χ2n) is 6.14. The summed E-state index contributed by atoms with van der Waals surface area (Å²) in [6.45, 7) is 4.65. The van der Waals surface area contributed by atoms with E-state index in [-0.39, 0.29) is 12.3 Å². The molecular formula is C18H18Cl3N5O. The van der Waals surface area contributed by atoms with Gasteiger partial charge in [-0.15, -0.1) is 0 Å². The minimum absolute atomic E-state index is 0.145. The highest BCUT2D eigenvalue weighted by Crippen LogP contribution is 2.22. The second kappa shape index (κ2) is 8.33. The van der Waals surface area contributed by atoms with Crippen molar-refractivity contribution in [2.75, 3.05) is 5.32 Å². The van der Waals surface area contributed by atoms with Crippen molar-refractivity contribution >= 4 is 46.5 Å². The number of rotatable bonds is 6. The van der Waals surface area contributed by atoms with E-state index in [1.807, 2.05) is 19.9 Å². The number of aromatic nitrogens is 4. The highest BCUT2D eigenvalue weighted by Gasteiger charge is 2.11. The highest BCUT2D eigenvalue weighted by atomic mass is 35.5. The van der Waals surface area contributed by atoms with Crippen LogP contribution in [0.1, 0.15) is 23.4 Å². The summed E-state index contributed by atoms with van der Waals surface area (Å²) in [6.07, 6.45) is 2.05. The van der Waals surface area contributed by atoms with Crippen molar-refractivity contribution < 1.29 is 4.79 Å². The number of carbonyl (C=O) groups excluding carboxylic acids is 1. The van der Waals surface area contributed by atoms with Gasteiger partial charge in [-0.2, -0.15) is 10.2 Å². The third-order valence-corrected chi connectivity index (χ3v) is 5.23. The van der Waals surface area contributed by atoms with Crippen molar-refractivity contribution in [3.63, 3.8) is 0 Å². The molecule has 2 aromatic heterocycles. The van der Waals surface area contributed by atoms with E-state index in [2.05, 4.69) is 15.5 Å². The SMILES string of the molecule is Cc1nn(CCC(=O)Nc2ccn(Cc3ccc(Cl)cc3Cl)n2)c(C)c1Cl. The molecule has 6 nitrogen and oxygen atoms in total. The van der Waals surface area contributed by atoms with Crippen molar-refractivity contribution in [1.29, 1.82) is 0 Å². The summed E-state index contributed by atoms with van der Waals surface area (Å²) in [5.41, 5.74) is 2.50. The summed E-state index contributed by atoms with van der Waals surface area (Å²) < 4.78 is 3.43. The lowest BCUT2D eigenvalue weighted by Crippen LogP contribution is -2.16. The summed E-state index contributed by atoms with van der Waals surface area (Å²) in [5.74, 6) is 0.338. The Labute approximate surface area is 172 Å². The Morgan fingerprint density at radius 1 is 1.15 bits per heavy atom. The largest absolute Gasteiger partial charge is 0.309 e. The molecule has 9 heteroatoms. The molecular weight excluding hydrogens is 409 g/mol. The zero-order valence-electron chi connectivity index (χ0n) is 14.8. The molecule has 142 valence electrons. The first-order valence-electron chi connectivity index (χ1n) is 8.30. The van der Waals surface area contributed by atoms with Gasteiger partial charge in [0.15, 0.2) is 5.82 Å². The lowest BCUT2D eigenvalue weighted by atomic mass is 10.2. The zero-order chi connectivity index (χ0) is 19.6. The quantitative estimate of drug-likeness (QED) is 0.619. The van der Waals surface area contributed by atoms with Gasteiger partial charge in [-0.1, -0.05) is 40.9 Å². The number of amides is 1. The van der Waals surface area contributed by atoms with E-state index in [9.17, 15) is 4.79 Å². The fraction of sp³-hybridized carbons (Fsp3) is 0.278. The molecule has 1 amide bonds. The molecule has 1 aromatic carbocycles. The summed E-state index contributed by atoms with van der Waals surface area (Å²) >= 11 is 18.2. The molecule has 0 bridgehead atoms. The molecule has 0 atom stereocenters. The predicted molar refractivity (Wildman–Crippen MR) is 108 cm³/mol. The Morgan fingerprint density at radius 2 is 1.93 bits per heavy atom. The lowest BCUT2D eigenvalue weighted by Gasteiger charge is -2.06. The molecule has 0 aliphatic rings. The van der Waals surface area contributed by atoms with E-state index >= 15 is 0 Å². The maximum absolute atomic E-state index is 12.2. The molecule has 0 fully saturated rings. The molecule has 0 saturated heterocycles. The number of anilines is 1. The molecule has 0 aliphatic carbocycles. The van der Waals surface area contributed by atoms with Crippen LogP contribution < -0.4 is 5.32 Å². The maximum atomic E-state index is 12.2. The van der Waals surface area contributed by atoms with E-state index < -0.39 is 0 Å². The first-order chi connectivity index (χ1) is 12.8. The Morgan fingerprint density at radius 3 is 2.59 bits per heavy atom. The van der Waals surface area contributed by atoms with Crippen LogP contribution in [-0.2, 0) is 17.9 Å². The van der Waals surface area contributed by atoms with Crippen LogP contribution in [0.5, 0.6) is 0 Å². The smallest absolute Gasteiger partial charge is 0.227 e. The normalized spacial score (nSPS) is 11.0. The van der Waals surface area contributed by atoms with Gasteiger partial charge >= 0.3 is 0 Å². The van der Waals surface area contributed by atoms with Crippen molar-refractivity contribution in [2.45, 2.75) is 33.4 Å². The van der Waals surface area contributed by atoms with Crippen LogP contribution in [0.3, 0.4) is 0 Å². The van der Waals surface area contributed by atoms with Gasteiger partial charge in [0.05, 0.1) is 29.5 Å². The molecule has 0 radical (unpaired) electrons. The summed E-state index contributed by atoms with van der Waals surface area (Å²) in [6, 6.07) is 7.06. The van der Waals surface area contributed by atoms with Gasteiger partial charge in [0.1, 0.15) is 0 Å². The summed E-state index contributed by atoms with van der Waals surface area (Å²) in [5, 5.41) is 13.2. The molecule has 0 saturated carbocycles. The van der Waals surface area contributed by atoms with E-state index in [0.717, 1.165) is 17.0 Å². The second-order valence-corrected chi connectivity index (χ2v) is 7.36.